The summed E-state index contributed by atoms with van der Waals surface area (Å²) in [5.41, 5.74) is 2.83. The molecule has 3 aromatic rings. The second-order valence-electron chi connectivity index (χ2n) is 6.35. The summed E-state index contributed by atoms with van der Waals surface area (Å²) >= 11 is 0. The molecule has 0 spiro atoms. The van der Waals surface area contributed by atoms with Crippen LogP contribution in [0.4, 0.5) is 4.39 Å². The molecule has 25 heavy (non-hydrogen) atoms. The van der Waals surface area contributed by atoms with Crippen molar-refractivity contribution in [2.45, 2.75) is 33.2 Å². The van der Waals surface area contributed by atoms with Gasteiger partial charge in [0.2, 0.25) is 0 Å². The van der Waals surface area contributed by atoms with Crippen LogP contribution in [0.2, 0.25) is 0 Å². The van der Waals surface area contributed by atoms with Crippen LogP contribution in [-0.4, -0.2) is 27.2 Å². The number of hydrogen-bond acceptors (Lipinski definition) is 3. The highest BCUT2D eigenvalue weighted by atomic mass is 19.1. The van der Waals surface area contributed by atoms with Gasteiger partial charge >= 0.3 is 0 Å². The molecule has 0 aliphatic rings. The molecular weight excluding hydrogens is 319 g/mol. The average Bonchev–Trinajstić information content (AvgIpc) is 2.97. The molecule has 1 N–H and O–H groups in total. The van der Waals surface area contributed by atoms with Crippen LogP contribution in [0.5, 0.6) is 0 Å². The molecule has 5 nitrogen and oxygen atoms in total. The standard InChI is InChI=1S/C19H21FN4O/c1-12(2)24-18-15(11-22-24)10-17(13(3)23-18)19(25)21-8-7-14-5-4-6-16(20)9-14/h4-6,9-12H,7-8H2,1-3H3,(H,21,25). The third-order valence-corrected chi connectivity index (χ3v) is 4.08. The fourth-order valence-electron chi connectivity index (χ4n) is 2.78. The lowest BCUT2D eigenvalue weighted by Crippen LogP contribution is -2.26. The number of aromatic nitrogens is 3. The zero-order chi connectivity index (χ0) is 18.0. The number of amides is 1. The van der Waals surface area contributed by atoms with Crippen LogP contribution in [0.25, 0.3) is 11.0 Å². The Morgan fingerprint density at radius 3 is 2.84 bits per heavy atom. The Hall–Kier alpha value is -2.76. The van der Waals surface area contributed by atoms with E-state index in [1.165, 1.54) is 12.1 Å². The fraction of sp³-hybridized carbons (Fsp3) is 0.316. The van der Waals surface area contributed by atoms with E-state index in [0.29, 0.717) is 24.2 Å². The molecule has 0 saturated carbocycles. The molecule has 6 heteroatoms. The van der Waals surface area contributed by atoms with E-state index >= 15 is 0 Å². The Balaban J connectivity index is 1.72. The second-order valence-corrected chi connectivity index (χ2v) is 6.35. The smallest absolute Gasteiger partial charge is 0.253 e. The highest BCUT2D eigenvalue weighted by Gasteiger charge is 2.15. The van der Waals surface area contributed by atoms with Crippen LogP contribution in [-0.2, 0) is 6.42 Å². The van der Waals surface area contributed by atoms with E-state index in [-0.39, 0.29) is 17.8 Å². The van der Waals surface area contributed by atoms with E-state index < -0.39 is 0 Å². The van der Waals surface area contributed by atoms with Crippen molar-refractivity contribution in [3.63, 3.8) is 0 Å². The Labute approximate surface area is 145 Å². The normalized spacial score (nSPS) is 11.2. The number of benzene rings is 1. The third kappa shape index (κ3) is 3.68. The van der Waals surface area contributed by atoms with Gasteiger partial charge in [-0.3, -0.25) is 4.79 Å². The van der Waals surface area contributed by atoms with E-state index in [1.54, 1.807) is 12.3 Å². The Morgan fingerprint density at radius 1 is 1.32 bits per heavy atom. The van der Waals surface area contributed by atoms with Crippen molar-refractivity contribution in [3.8, 4) is 0 Å². The van der Waals surface area contributed by atoms with Gasteiger partial charge < -0.3 is 5.32 Å². The minimum absolute atomic E-state index is 0.180. The molecule has 0 atom stereocenters. The molecular formula is C19H21FN4O. The van der Waals surface area contributed by atoms with Crippen molar-refractivity contribution < 1.29 is 9.18 Å². The van der Waals surface area contributed by atoms with E-state index in [2.05, 4.69) is 15.4 Å². The lowest BCUT2D eigenvalue weighted by molar-refractivity contribution is 0.0953. The van der Waals surface area contributed by atoms with Gasteiger partial charge in [-0.2, -0.15) is 5.10 Å². The van der Waals surface area contributed by atoms with Gasteiger partial charge in [0.15, 0.2) is 5.65 Å². The maximum Gasteiger partial charge on any atom is 0.253 e. The van der Waals surface area contributed by atoms with Gasteiger partial charge in [0, 0.05) is 18.0 Å². The van der Waals surface area contributed by atoms with Crippen molar-refractivity contribution in [2.75, 3.05) is 6.54 Å². The maximum atomic E-state index is 13.2. The summed E-state index contributed by atoms with van der Waals surface area (Å²) in [5.74, 6) is -0.447. The quantitative estimate of drug-likeness (QED) is 0.774. The maximum absolute atomic E-state index is 13.2. The Morgan fingerprint density at radius 2 is 2.12 bits per heavy atom. The number of nitrogens with zero attached hydrogens (tertiary/aromatic N) is 3. The minimum atomic E-state index is -0.267. The van der Waals surface area contributed by atoms with Gasteiger partial charge in [0.05, 0.1) is 17.5 Å². The number of carbonyl (C=O) groups excluding carboxylic acids is 1. The predicted octanol–water partition coefficient (Wildman–Crippen LogP) is 3.43. The van der Waals surface area contributed by atoms with Gasteiger partial charge in [-0.05, 0) is 51.0 Å². The Kier molecular flexibility index (Phi) is 4.79. The van der Waals surface area contributed by atoms with E-state index in [1.807, 2.05) is 37.6 Å². The fourth-order valence-corrected chi connectivity index (χ4v) is 2.78. The van der Waals surface area contributed by atoms with Crippen LogP contribution in [0.15, 0.2) is 36.5 Å². The van der Waals surface area contributed by atoms with E-state index in [4.69, 9.17) is 0 Å². The van der Waals surface area contributed by atoms with Crippen molar-refractivity contribution >= 4 is 16.9 Å². The predicted molar refractivity (Wildman–Crippen MR) is 95.1 cm³/mol. The summed E-state index contributed by atoms with van der Waals surface area (Å²) < 4.78 is 15.0. The molecule has 0 unspecified atom stereocenters. The molecule has 2 aromatic heterocycles. The van der Waals surface area contributed by atoms with E-state index in [0.717, 1.165) is 16.6 Å². The van der Waals surface area contributed by atoms with Crippen LogP contribution < -0.4 is 5.32 Å². The first-order chi connectivity index (χ1) is 12.0. The number of carbonyl (C=O) groups is 1. The highest BCUT2D eigenvalue weighted by Crippen LogP contribution is 2.19. The summed E-state index contributed by atoms with van der Waals surface area (Å²) in [6.07, 6.45) is 2.30. The molecule has 0 fully saturated rings. The highest BCUT2D eigenvalue weighted by molar-refractivity contribution is 5.98. The van der Waals surface area contributed by atoms with Crippen LogP contribution in [0.3, 0.4) is 0 Å². The van der Waals surface area contributed by atoms with Crippen molar-refractivity contribution in [2.24, 2.45) is 0 Å². The lowest BCUT2D eigenvalue weighted by Gasteiger charge is -2.10. The summed E-state index contributed by atoms with van der Waals surface area (Å²) in [4.78, 5) is 17.0. The topological polar surface area (TPSA) is 59.8 Å². The molecule has 0 aliphatic carbocycles. The van der Waals surface area contributed by atoms with Gasteiger partial charge in [0.1, 0.15) is 5.82 Å². The van der Waals surface area contributed by atoms with Crippen LogP contribution >= 0.6 is 0 Å². The summed E-state index contributed by atoms with van der Waals surface area (Å²) in [5, 5.41) is 8.05. The zero-order valence-electron chi connectivity index (χ0n) is 14.6. The van der Waals surface area contributed by atoms with Crippen molar-refractivity contribution in [1.82, 2.24) is 20.1 Å². The molecule has 0 radical (unpaired) electrons. The van der Waals surface area contributed by atoms with Crippen molar-refractivity contribution in [3.05, 3.63) is 59.2 Å². The molecule has 1 amide bonds. The van der Waals surface area contributed by atoms with Gasteiger partial charge in [-0.1, -0.05) is 12.1 Å². The summed E-state index contributed by atoms with van der Waals surface area (Å²) in [6, 6.07) is 8.42. The first-order valence-electron chi connectivity index (χ1n) is 8.33. The number of aryl methyl sites for hydroxylation is 1. The molecule has 130 valence electrons. The summed E-state index contributed by atoms with van der Waals surface area (Å²) in [7, 11) is 0. The number of fused-ring (bicyclic) bond motifs is 1. The molecule has 2 heterocycles. The van der Waals surface area contributed by atoms with Crippen LogP contribution in [0.1, 0.15) is 41.5 Å². The number of pyridine rings is 1. The number of nitrogens with one attached hydrogen (secondary N) is 1. The second kappa shape index (κ2) is 7.01. The van der Waals surface area contributed by atoms with Gasteiger partial charge in [0.25, 0.3) is 5.91 Å². The monoisotopic (exact) mass is 340 g/mol. The SMILES string of the molecule is Cc1nc2c(cnn2C(C)C)cc1C(=O)NCCc1cccc(F)c1. The first-order valence-corrected chi connectivity index (χ1v) is 8.33. The molecule has 0 bridgehead atoms. The number of halogens is 1. The average molecular weight is 340 g/mol. The largest absolute Gasteiger partial charge is 0.352 e. The number of hydrogen-bond donors (Lipinski definition) is 1. The molecule has 0 aliphatic heterocycles. The Bertz CT molecular complexity index is 917. The molecule has 1 aromatic carbocycles. The molecule has 0 saturated heterocycles. The van der Waals surface area contributed by atoms with Gasteiger partial charge in [-0.15, -0.1) is 0 Å². The first kappa shape index (κ1) is 17.1. The summed E-state index contributed by atoms with van der Waals surface area (Å²) in [6.45, 7) is 6.33. The number of rotatable bonds is 5. The van der Waals surface area contributed by atoms with Gasteiger partial charge in [-0.25, -0.2) is 14.1 Å². The zero-order valence-corrected chi connectivity index (χ0v) is 14.6. The van der Waals surface area contributed by atoms with E-state index in [9.17, 15) is 9.18 Å². The van der Waals surface area contributed by atoms with Crippen LogP contribution in [0, 0.1) is 12.7 Å². The minimum Gasteiger partial charge on any atom is -0.352 e. The third-order valence-electron chi connectivity index (χ3n) is 4.08. The lowest BCUT2D eigenvalue weighted by atomic mass is 10.1. The van der Waals surface area contributed by atoms with Crippen molar-refractivity contribution in [1.29, 1.82) is 0 Å². The molecule has 3 rings (SSSR count).